The highest BCUT2D eigenvalue weighted by Gasteiger charge is 2.18. The van der Waals surface area contributed by atoms with Gasteiger partial charge in [0.15, 0.2) is 5.82 Å². The van der Waals surface area contributed by atoms with E-state index in [4.69, 9.17) is 4.74 Å². The summed E-state index contributed by atoms with van der Waals surface area (Å²) in [7, 11) is 0. The summed E-state index contributed by atoms with van der Waals surface area (Å²) in [5, 5.41) is 17.5. The molecule has 1 saturated heterocycles. The Balaban J connectivity index is 1.63. The Labute approximate surface area is 125 Å². The van der Waals surface area contributed by atoms with Crippen LogP contribution < -0.4 is 5.32 Å². The smallest absolute Gasteiger partial charge is 0.234 e. The molecule has 0 amide bonds. The number of hydrogen-bond acceptors (Lipinski definition) is 6. The van der Waals surface area contributed by atoms with E-state index in [1.165, 1.54) is 0 Å². The van der Waals surface area contributed by atoms with Crippen molar-refractivity contribution in [1.29, 1.82) is 0 Å². The van der Waals surface area contributed by atoms with E-state index in [0.717, 1.165) is 47.5 Å². The first-order valence-electron chi connectivity index (χ1n) is 6.99. The fourth-order valence-electron chi connectivity index (χ4n) is 2.45. The molecule has 1 fully saturated rings. The van der Waals surface area contributed by atoms with E-state index in [-0.39, 0.29) is 6.10 Å². The molecule has 4 rings (SSSR count). The molecule has 1 aliphatic heterocycles. The number of ether oxygens (including phenoxy) is 1. The first-order valence-corrected chi connectivity index (χ1v) is 7.80. The maximum absolute atomic E-state index is 5.73. The number of hydrogen-bond donors (Lipinski definition) is 1. The molecular formula is C14H15N5OS. The van der Waals surface area contributed by atoms with Gasteiger partial charge in [-0.3, -0.25) is 0 Å². The molecule has 0 aliphatic carbocycles. The zero-order valence-electron chi connectivity index (χ0n) is 11.4. The summed E-state index contributed by atoms with van der Waals surface area (Å²) in [6.07, 6.45) is 1.01. The maximum atomic E-state index is 5.73. The van der Waals surface area contributed by atoms with E-state index >= 15 is 0 Å². The van der Waals surface area contributed by atoms with Gasteiger partial charge in [0.1, 0.15) is 5.01 Å². The third-order valence-electron chi connectivity index (χ3n) is 3.47. The Morgan fingerprint density at radius 2 is 2.19 bits per heavy atom. The van der Waals surface area contributed by atoms with Gasteiger partial charge in [0.25, 0.3) is 0 Å². The molecule has 1 unspecified atom stereocenters. The van der Waals surface area contributed by atoms with Crippen molar-refractivity contribution < 1.29 is 4.74 Å². The van der Waals surface area contributed by atoms with Crippen LogP contribution in [0.15, 0.2) is 30.3 Å². The van der Waals surface area contributed by atoms with Gasteiger partial charge < -0.3 is 10.1 Å². The molecule has 1 aliphatic rings. The van der Waals surface area contributed by atoms with Gasteiger partial charge in [-0.25, -0.2) is 0 Å². The lowest BCUT2D eigenvalue weighted by molar-refractivity contribution is 0.0291. The summed E-state index contributed by atoms with van der Waals surface area (Å²) in [6.45, 7) is 2.58. The SMILES string of the molecule is c1ccc(-c2nnc3sc(CC4CNCCO4)nn23)cc1. The second kappa shape index (κ2) is 5.51. The number of nitrogens with one attached hydrogen (secondary N) is 1. The third kappa shape index (κ3) is 2.55. The van der Waals surface area contributed by atoms with Crippen molar-refractivity contribution in [2.45, 2.75) is 12.5 Å². The van der Waals surface area contributed by atoms with Crippen LogP contribution in [0.25, 0.3) is 16.3 Å². The lowest BCUT2D eigenvalue weighted by Gasteiger charge is -2.22. The molecular weight excluding hydrogens is 286 g/mol. The number of morpholine rings is 1. The van der Waals surface area contributed by atoms with E-state index < -0.39 is 0 Å². The highest BCUT2D eigenvalue weighted by atomic mass is 32.1. The van der Waals surface area contributed by atoms with Gasteiger partial charge in [0.05, 0.1) is 12.7 Å². The van der Waals surface area contributed by atoms with Crippen molar-refractivity contribution in [3.8, 4) is 11.4 Å². The van der Waals surface area contributed by atoms with Gasteiger partial charge in [-0.15, -0.1) is 10.2 Å². The molecule has 0 saturated carbocycles. The summed E-state index contributed by atoms with van der Waals surface area (Å²) in [5.74, 6) is 0.788. The van der Waals surface area contributed by atoms with Crippen LogP contribution in [-0.4, -0.2) is 45.6 Å². The second-order valence-corrected chi connectivity index (χ2v) is 6.02. The minimum Gasteiger partial charge on any atom is -0.375 e. The molecule has 0 spiro atoms. The predicted octanol–water partition coefficient (Wildman–Crippen LogP) is 1.38. The summed E-state index contributed by atoms with van der Waals surface area (Å²) < 4.78 is 7.55. The van der Waals surface area contributed by atoms with Gasteiger partial charge in [-0.05, 0) is 0 Å². The third-order valence-corrected chi connectivity index (χ3v) is 4.39. The van der Waals surface area contributed by atoms with Gasteiger partial charge in [-0.2, -0.15) is 9.61 Å². The van der Waals surface area contributed by atoms with Crippen LogP contribution in [0.1, 0.15) is 5.01 Å². The molecule has 7 heteroatoms. The molecule has 3 heterocycles. The van der Waals surface area contributed by atoms with E-state index in [2.05, 4.69) is 20.6 Å². The average Bonchev–Trinajstić information content (AvgIpc) is 3.09. The molecule has 108 valence electrons. The summed E-state index contributed by atoms with van der Waals surface area (Å²) in [4.78, 5) is 0.827. The van der Waals surface area contributed by atoms with Crippen molar-refractivity contribution in [2.75, 3.05) is 19.7 Å². The van der Waals surface area contributed by atoms with Crippen LogP contribution in [0.5, 0.6) is 0 Å². The van der Waals surface area contributed by atoms with Crippen molar-refractivity contribution in [1.82, 2.24) is 25.1 Å². The van der Waals surface area contributed by atoms with Gasteiger partial charge in [0, 0.05) is 25.1 Å². The van der Waals surface area contributed by atoms with Crippen LogP contribution in [0, 0.1) is 0 Å². The Hall–Kier alpha value is -1.83. The number of aromatic nitrogens is 4. The van der Waals surface area contributed by atoms with Gasteiger partial charge in [-0.1, -0.05) is 41.7 Å². The number of nitrogens with zero attached hydrogens (tertiary/aromatic N) is 4. The van der Waals surface area contributed by atoms with Crippen molar-refractivity contribution in [3.05, 3.63) is 35.3 Å². The first kappa shape index (κ1) is 12.9. The number of benzene rings is 1. The molecule has 2 aromatic heterocycles. The lowest BCUT2D eigenvalue weighted by Crippen LogP contribution is -2.39. The summed E-state index contributed by atoms with van der Waals surface area (Å²) in [6, 6.07) is 10.0. The minimum absolute atomic E-state index is 0.197. The van der Waals surface area contributed by atoms with Crippen LogP contribution >= 0.6 is 11.3 Å². The summed E-state index contributed by atoms with van der Waals surface area (Å²) in [5.41, 5.74) is 1.03. The monoisotopic (exact) mass is 301 g/mol. The Kier molecular flexibility index (Phi) is 3.38. The van der Waals surface area contributed by atoms with Gasteiger partial charge >= 0.3 is 0 Å². The second-order valence-electron chi connectivity index (χ2n) is 4.98. The quantitative estimate of drug-likeness (QED) is 0.792. The van der Waals surface area contributed by atoms with Crippen LogP contribution in [0.3, 0.4) is 0 Å². The first-order chi connectivity index (χ1) is 10.4. The molecule has 3 aromatic rings. The van der Waals surface area contributed by atoms with Crippen LogP contribution in [0.4, 0.5) is 0 Å². The van der Waals surface area contributed by atoms with E-state index in [1.807, 2.05) is 34.8 Å². The molecule has 21 heavy (non-hydrogen) atoms. The largest absolute Gasteiger partial charge is 0.375 e. The molecule has 1 aromatic carbocycles. The van der Waals surface area contributed by atoms with Crippen molar-refractivity contribution in [2.24, 2.45) is 0 Å². The summed E-state index contributed by atoms with van der Waals surface area (Å²) >= 11 is 1.58. The zero-order valence-corrected chi connectivity index (χ0v) is 12.2. The zero-order chi connectivity index (χ0) is 14.1. The normalized spacial score (nSPS) is 19.1. The van der Waals surface area contributed by atoms with Crippen LogP contribution in [0.2, 0.25) is 0 Å². The Morgan fingerprint density at radius 1 is 1.29 bits per heavy atom. The molecule has 0 bridgehead atoms. The fourth-order valence-corrected chi connectivity index (χ4v) is 3.35. The molecule has 1 N–H and O–H groups in total. The molecule has 6 nitrogen and oxygen atoms in total. The van der Waals surface area contributed by atoms with E-state index in [0.29, 0.717) is 0 Å². The molecule has 1 atom stereocenters. The Bertz CT molecular complexity index is 732. The highest BCUT2D eigenvalue weighted by Crippen LogP contribution is 2.22. The van der Waals surface area contributed by atoms with E-state index in [1.54, 1.807) is 11.3 Å². The number of fused-ring (bicyclic) bond motifs is 1. The average molecular weight is 301 g/mol. The highest BCUT2D eigenvalue weighted by molar-refractivity contribution is 7.16. The lowest BCUT2D eigenvalue weighted by atomic mass is 10.2. The topological polar surface area (TPSA) is 64.3 Å². The predicted molar refractivity (Wildman–Crippen MR) is 80.4 cm³/mol. The fraction of sp³-hybridized carbons (Fsp3) is 0.357. The minimum atomic E-state index is 0.197. The molecule has 0 radical (unpaired) electrons. The van der Waals surface area contributed by atoms with Gasteiger partial charge in [0.2, 0.25) is 4.96 Å². The van der Waals surface area contributed by atoms with E-state index in [9.17, 15) is 0 Å². The standard InChI is InChI=1S/C14H15N5OS/c1-2-4-10(5-3-1)13-16-17-14-19(13)18-12(21-14)8-11-9-15-6-7-20-11/h1-5,11,15H,6-9H2. The number of rotatable bonds is 3. The Morgan fingerprint density at radius 3 is 3.00 bits per heavy atom. The van der Waals surface area contributed by atoms with Crippen LogP contribution in [-0.2, 0) is 11.2 Å². The van der Waals surface area contributed by atoms with Crippen molar-refractivity contribution in [3.63, 3.8) is 0 Å². The van der Waals surface area contributed by atoms with Crippen molar-refractivity contribution >= 4 is 16.3 Å². The maximum Gasteiger partial charge on any atom is 0.234 e.